The lowest BCUT2D eigenvalue weighted by Crippen LogP contribution is -2.27. The molecular weight excluding hydrogens is 288 g/mol. The van der Waals surface area contributed by atoms with Gasteiger partial charge in [0.05, 0.1) is 4.92 Å². The molecule has 2 heterocycles. The van der Waals surface area contributed by atoms with Crippen molar-refractivity contribution < 1.29 is 4.92 Å². The van der Waals surface area contributed by atoms with Crippen molar-refractivity contribution in [2.45, 2.75) is 19.3 Å². The third kappa shape index (κ3) is 3.17. The first kappa shape index (κ1) is 14.9. The molecular formula is C14H14N4O2S. The van der Waals surface area contributed by atoms with Crippen LogP contribution in [0.25, 0.3) is 0 Å². The first-order valence-corrected chi connectivity index (χ1v) is 7.15. The number of nitrogens with one attached hydrogen (secondary N) is 1. The van der Waals surface area contributed by atoms with Crippen LogP contribution in [0, 0.1) is 21.4 Å². The van der Waals surface area contributed by atoms with Gasteiger partial charge in [-0.1, -0.05) is 19.9 Å². The van der Waals surface area contributed by atoms with Crippen molar-refractivity contribution in [3.63, 3.8) is 0 Å². The highest BCUT2D eigenvalue weighted by molar-refractivity contribution is 7.10. The molecule has 0 spiro atoms. The molecule has 0 atom stereocenters. The molecule has 7 heteroatoms. The number of anilines is 1. The fourth-order valence-electron chi connectivity index (χ4n) is 1.91. The van der Waals surface area contributed by atoms with Crippen LogP contribution in [0.3, 0.4) is 0 Å². The molecule has 0 aliphatic rings. The lowest BCUT2D eigenvalue weighted by atomic mass is 9.91. The van der Waals surface area contributed by atoms with Crippen molar-refractivity contribution in [1.82, 2.24) is 4.98 Å². The number of hydrogen-bond acceptors (Lipinski definition) is 6. The molecule has 0 aliphatic heterocycles. The van der Waals surface area contributed by atoms with Crippen LogP contribution in [-0.2, 0) is 5.41 Å². The molecule has 0 bridgehead atoms. The highest BCUT2D eigenvalue weighted by Gasteiger charge is 2.25. The predicted octanol–water partition coefficient (Wildman–Crippen LogP) is 3.31. The molecule has 2 rings (SSSR count). The third-order valence-electron chi connectivity index (χ3n) is 3.11. The summed E-state index contributed by atoms with van der Waals surface area (Å²) in [7, 11) is 0. The fourth-order valence-corrected chi connectivity index (χ4v) is 2.77. The average Bonchev–Trinajstić information content (AvgIpc) is 2.99. The van der Waals surface area contributed by atoms with Gasteiger partial charge in [0.15, 0.2) is 0 Å². The van der Waals surface area contributed by atoms with Crippen molar-refractivity contribution in [3.8, 4) is 6.07 Å². The minimum Gasteiger partial charge on any atom is -0.363 e. The smallest absolute Gasteiger partial charge is 0.328 e. The van der Waals surface area contributed by atoms with E-state index in [0.29, 0.717) is 6.54 Å². The number of nitro groups is 1. The normalized spacial score (nSPS) is 10.9. The monoisotopic (exact) mass is 302 g/mol. The number of nitriles is 1. The summed E-state index contributed by atoms with van der Waals surface area (Å²) in [6, 6.07) is 7.16. The van der Waals surface area contributed by atoms with Crippen LogP contribution in [0.1, 0.15) is 24.3 Å². The molecule has 0 saturated heterocycles. The van der Waals surface area contributed by atoms with E-state index in [1.54, 1.807) is 11.3 Å². The Hall–Kier alpha value is -2.46. The Bertz CT molecular complexity index is 689. The van der Waals surface area contributed by atoms with E-state index < -0.39 is 4.92 Å². The minimum atomic E-state index is -0.577. The van der Waals surface area contributed by atoms with Gasteiger partial charge in [-0.05, 0) is 17.5 Å². The average molecular weight is 302 g/mol. The lowest BCUT2D eigenvalue weighted by molar-refractivity contribution is -0.384. The zero-order valence-corrected chi connectivity index (χ0v) is 12.5. The Kier molecular flexibility index (Phi) is 4.19. The molecule has 6 nitrogen and oxygen atoms in total. The van der Waals surface area contributed by atoms with E-state index in [9.17, 15) is 10.1 Å². The Morgan fingerprint density at radius 3 is 2.86 bits per heavy atom. The highest BCUT2D eigenvalue weighted by Crippen LogP contribution is 2.30. The van der Waals surface area contributed by atoms with Gasteiger partial charge in [0.2, 0.25) is 5.82 Å². The van der Waals surface area contributed by atoms with E-state index in [2.05, 4.69) is 10.3 Å². The number of aromatic nitrogens is 1. The zero-order valence-electron chi connectivity index (χ0n) is 11.7. The summed E-state index contributed by atoms with van der Waals surface area (Å²) in [6.45, 7) is 4.58. The predicted molar refractivity (Wildman–Crippen MR) is 81.4 cm³/mol. The molecule has 0 radical (unpaired) electrons. The van der Waals surface area contributed by atoms with E-state index >= 15 is 0 Å². The van der Waals surface area contributed by atoms with Crippen LogP contribution >= 0.6 is 11.3 Å². The van der Waals surface area contributed by atoms with Crippen LogP contribution in [0.15, 0.2) is 29.8 Å². The number of nitrogens with zero attached hydrogens (tertiary/aromatic N) is 3. The number of hydrogen-bond donors (Lipinski definition) is 1. The van der Waals surface area contributed by atoms with E-state index in [0.717, 1.165) is 0 Å². The molecule has 0 unspecified atom stereocenters. The van der Waals surface area contributed by atoms with Crippen LogP contribution in [0.5, 0.6) is 0 Å². The van der Waals surface area contributed by atoms with E-state index in [1.807, 2.05) is 37.4 Å². The maximum atomic E-state index is 11.1. The second-order valence-electron chi connectivity index (χ2n) is 5.14. The van der Waals surface area contributed by atoms with Crippen molar-refractivity contribution in [2.24, 2.45) is 0 Å². The van der Waals surface area contributed by atoms with Gasteiger partial charge >= 0.3 is 5.69 Å². The van der Waals surface area contributed by atoms with Crippen LogP contribution in [0.4, 0.5) is 11.5 Å². The summed E-state index contributed by atoms with van der Waals surface area (Å²) in [4.78, 5) is 15.7. The maximum Gasteiger partial charge on any atom is 0.328 e. The largest absolute Gasteiger partial charge is 0.363 e. The quantitative estimate of drug-likeness (QED) is 0.675. The first-order valence-electron chi connectivity index (χ1n) is 6.27. The van der Waals surface area contributed by atoms with Crippen molar-refractivity contribution >= 4 is 22.8 Å². The van der Waals surface area contributed by atoms with Gasteiger partial charge in [-0.2, -0.15) is 5.26 Å². The summed E-state index contributed by atoms with van der Waals surface area (Å²) < 4.78 is 0. The zero-order chi connectivity index (χ0) is 15.5. The van der Waals surface area contributed by atoms with Gasteiger partial charge in [-0.3, -0.25) is 10.1 Å². The van der Waals surface area contributed by atoms with Gasteiger partial charge < -0.3 is 5.32 Å². The van der Waals surface area contributed by atoms with Crippen LogP contribution < -0.4 is 5.32 Å². The summed E-state index contributed by atoms with van der Waals surface area (Å²) in [6.07, 6.45) is 1.39. The van der Waals surface area contributed by atoms with Crippen molar-refractivity contribution in [1.29, 1.82) is 5.26 Å². The Labute approximate surface area is 126 Å². The summed E-state index contributed by atoms with van der Waals surface area (Å²) in [5, 5.41) is 25.1. The standard InChI is InChI=1S/C14H14N4O2S/c1-14(2,11-4-3-7-21-11)9-17-13-12(18(19)20)10(8-15)5-6-16-13/h3-7H,9H2,1-2H3,(H,16,17). The second kappa shape index (κ2) is 5.89. The Morgan fingerprint density at radius 2 is 2.29 bits per heavy atom. The molecule has 0 saturated carbocycles. The van der Waals surface area contributed by atoms with Gasteiger partial charge in [0.25, 0.3) is 0 Å². The molecule has 2 aromatic rings. The summed E-state index contributed by atoms with van der Waals surface area (Å²) in [5.41, 5.74) is -0.458. The van der Waals surface area contributed by atoms with Crippen LogP contribution in [-0.4, -0.2) is 16.5 Å². The number of pyridine rings is 1. The van der Waals surface area contributed by atoms with Crippen molar-refractivity contribution in [2.75, 3.05) is 11.9 Å². The number of rotatable bonds is 5. The fraction of sp³-hybridized carbons (Fsp3) is 0.286. The van der Waals surface area contributed by atoms with E-state index in [4.69, 9.17) is 5.26 Å². The molecule has 1 N–H and O–H groups in total. The SMILES string of the molecule is CC(C)(CNc1nccc(C#N)c1[N+](=O)[O-])c1cccs1. The summed E-state index contributed by atoms with van der Waals surface area (Å²) >= 11 is 1.64. The Balaban J connectivity index is 2.25. The lowest BCUT2D eigenvalue weighted by Gasteiger charge is -2.23. The second-order valence-corrected chi connectivity index (χ2v) is 6.09. The van der Waals surface area contributed by atoms with Gasteiger partial charge in [0.1, 0.15) is 11.6 Å². The van der Waals surface area contributed by atoms with E-state index in [-0.39, 0.29) is 22.5 Å². The van der Waals surface area contributed by atoms with E-state index in [1.165, 1.54) is 17.1 Å². The molecule has 0 aliphatic carbocycles. The third-order valence-corrected chi connectivity index (χ3v) is 4.35. The molecule has 0 aromatic carbocycles. The maximum absolute atomic E-state index is 11.1. The van der Waals surface area contributed by atoms with Crippen molar-refractivity contribution in [3.05, 3.63) is 50.3 Å². The molecule has 108 valence electrons. The molecule has 21 heavy (non-hydrogen) atoms. The van der Waals surface area contributed by atoms with Gasteiger partial charge in [-0.25, -0.2) is 4.98 Å². The highest BCUT2D eigenvalue weighted by atomic mass is 32.1. The van der Waals surface area contributed by atoms with Gasteiger partial charge in [-0.15, -0.1) is 11.3 Å². The Morgan fingerprint density at radius 1 is 1.52 bits per heavy atom. The molecule has 0 amide bonds. The number of thiophene rings is 1. The summed E-state index contributed by atoms with van der Waals surface area (Å²) in [5.74, 6) is 0.128. The van der Waals surface area contributed by atoms with Gasteiger partial charge in [0, 0.05) is 23.0 Å². The first-order chi connectivity index (χ1) is 9.95. The van der Waals surface area contributed by atoms with Crippen LogP contribution in [0.2, 0.25) is 0 Å². The topological polar surface area (TPSA) is 91.8 Å². The molecule has 0 fully saturated rings. The minimum absolute atomic E-state index is 0.00595. The molecule has 2 aromatic heterocycles.